The highest BCUT2D eigenvalue weighted by Crippen LogP contribution is 2.22. The van der Waals surface area contributed by atoms with Crippen LogP contribution in [-0.2, 0) is 6.61 Å². The first-order valence-corrected chi connectivity index (χ1v) is 6.57. The van der Waals surface area contributed by atoms with Crippen molar-refractivity contribution in [3.63, 3.8) is 0 Å². The fraction of sp³-hybridized carbons (Fsp3) is 0.235. The van der Waals surface area contributed by atoms with Crippen molar-refractivity contribution in [3.8, 4) is 5.75 Å². The van der Waals surface area contributed by atoms with Crippen LogP contribution in [0.3, 0.4) is 0 Å². The summed E-state index contributed by atoms with van der Waals surface area (Å²) in [6, 6.07) is 11.3. The van der Waals surface area contributed by atoms with E-state index in [2.05, 4.69) is 32.9 Å². The summed E-state index contributed by atoms with van der Waals surface area (Å²) >= 11 is 0. The highest BCUT2D eigenvalue weighted by Gasteiger charge is 2.10. The topological polar surface area (TPSA) is 52.3 Å². The lowest BCUT2D eigenvalue weighted by Gasteiger charge is -2.14. The second kappa shape index (κ2) is 5.78. The quantitative estimate of drug-likeness (QED) is 0.926. The van der Waals surface area contributed by atoms with E-state index in [-0.39, 0.29) is 0 Å². The second-order valence-electron chi connectivity index (χ2n) is 5.03. The van der Waals surface area contributed by atoms with E-state index in [0.29, 0.717) is 17.9 Å². The van der Waals surface area contributed by atoms with Crippen molar-refractivity contribution in [2.75, 3.05) is 0 Å². The summed E-state index contributed by atoms with van der Waals surface area (Å²) in [7, 11) is 0. The molecule has 0 saturated carbocycles. The molecule has 0 heterocycles. The Hall–Kier alpha value is -2.29. The van der Waals surface area contributed by atoms with Crippen molar-refractivity contribution >= 4 is 5.91 Å². The number of carbonyl (C=O) groups excluding carboxylic acids is 1. The van der Waals surface area contributed by atoms with Gasteiger partial charge in [-0.05, 0) is 49.6 Å². The number of amides is 1. The third-order valence-electron chi connectivity index (χ3n) is 3.36. The van der Waals surface area contributed by atoms with Crippen LogP contribution in [0.2, 0.25) is 0 Å². The fourth-order valence-electron chi connectivity index (χ4n) is 2.38. The van der Waals surface area contributed by atoms with Gasteiger partial charge in [0.25, 0.3) is 5.91 Å². The molecule has 0 aliphatic carbocycles. The lowest BCUT2D eigenvalue weighted by Crippen LogP contribution is -2.13. The monoisotopic (exact) mass is 269 g/mol. The molecule has 0 spiro atoms. The number of carbonyl (C=O) groups is 1. The van der Waals surface area contributed by atoms with Gasteiger partial charge in [0.1, 0.15) is 12.4 Å². The first-order chi connectivity index (χ1) is 9.49. The van der Waals surface area contributed by atoms with Gasteiger partial charge in [-0.3, -0.25) is 4.79 Å². The molecule has 0 aliphatic heterocycles. The van der Waals surface area contributed by atoms with E-state index >= 15 is 0 Å². The molecule has 0 unspecified atom stereocenters. The average molecular weight is 269 g/mol. The number of hydrogen-bond donors (Lipinski definition) is 1. The molecule has 2 aromatic carbocycles. The lowest BCUT2D eigenvalue weighted by molar-refractivity contribution is 0.0996. The van der Waals surface area contributed by atoms with Gasteiger partial charge in [-0.25, -0.2) is 0 Å². The molecule has 3 heteroatoms. The van der Waals surface area contributed by atoms with E-state index < -0.39 is 5.91 Å². The Balaban J connectivity index is 2.24. The normalized spacial score (nSPS) is 10.3. The van der Waals surface area contributed by atoms with Crippen LogP contribution >= 0.6 is 0 Å². The van der Waals surface area contributed by atoms with E-state index in [1.807, 2.05) is 6.07 Å². The van der Waals surface area contributed by atoms with Crippen LogP contribution in [-0.4, -0.2) is 5.91 Å². The third kappa shape index (κ3) is 2.99. The number of para-hydroxylation sites is 1. The highest BCUT2D eigenvalue weighted by molar-refractivity contribution is 5.95. The number of rotatable bonds is 4. The zero-order chi connectivity index (χ0) is 14.7. The predicted molar refractivity (Wildman–Crippen MR) is 79.9 cm³/mol. The van der Waals surface area contributed by atoms with E-state index in [9.17, 15) is 4.79 Å². The number of ether oxygens (including phenoxy) is 1. The highest BCUT2D eigenvalue weighted by atomic mass is 16.5. The molecule has 0 atom stereocenters. The summed E-state index contributed by atoms with van der Waals surface area (Å²) in [5.41, 5.74) is 10.5. The van der Waals surface area contributed by atoms with E-state index in [1.54, 1.807) is 18.2 Å². The number of nitrogens with two attached hydrogens (primary N) is 1. The summed E-state index contributed by atoms with van der Waals surface area (Å²) < 4.78 is 5.79. The third-order valence-corrected chi connectivity index (χ3v) is 3.36. The second-order valence-corrected chi connectivity index (χ2v) is 5.03. The fourth-order valence-corrected chi connectivity index (χ4v) is 2.38. The van der Waals surface area contributed by atoms with Crippen LogP contribution in [0.5, 0.6) is 5.75 Å². The summed E-state index contributed by atoms with van der Waals surface area (Å²) in [4.78, 5) is 11.4. The van der Waals surface area contributed by atoms with Crippen molar-refractivity contribution in [2.45, 2.75) is 27.4 Å². The predicted octanol–water partition coefficient (Wildman–Crippen LogP) is 3.29. The molecular formula is C17H19NO2. The van der Waals surface area contributed by atoms with E-state index in [1.165, 1.54) is 16.7 Å². The Morgan fingerprint density at radius 1 is 1.10 bits per heavy atom. The molecule has 104 valence electrons. The lowest BCUT2D eigenvalue weighted by atomic mass is 10.0. The van der Waals surface area contributed by atoms with Crippen molar-refractivity contribution in [1.82, 2.24) is 0 Å². The molecule has 0 fully saturated rings. The maximum absolute atomic E-state index is 11.4. The Kier molecular flexibility index (Phi) is 4.08. The average Bonchev–Trinajstić information content (AvgIpc) is 2.37. The Labute approximate surface area is 119 Å². The van der Waals surface area contributed by atoms with Gasteiger partial charge in [0.2, 0.25) is 0 Å². The van der Waals surface area contributed by atoms with E-state index in [4.69, 9.17) is 10.5 Å². The maximum atomic E-state index is 11.4. The van der Waals surface area contributed by atoms with Crippen LogP contribution in [0.25, 0.3) is 0 Å². The Morgan fingerprint density at radius 2 is 1.70 bits per heavy atom. The molecule has 0 bridgehead atoms. The molecular weight excluding hydrogens is 250 g/mol. The minimum Gasteiger partial charge on any atom is -0.488 e. The molecule has 20 heavy (non-hydrogen) atoms. The molecule has 0 aliphatic rings. The molecule has 2 N–H and O–H groups in total. The number of primary amides is 1. The molecule has 0 saturated heterocycles. The smallest absolute Gasteiger partial charge is 0.252 e. The van der Waals surface area contributed by atoms with Gasteiger partial charge in [0.05, 0.1) is 5.56 Å². The Morgan fingerprint density at radius 3 is 2.30 bits per heavy atom. The Bertz CT molecular complexity index is 624. The van der Waals surface area contributed by atoms with Gasteiger partial charge in [-0.2, -0.15) is 0 Å². The summed E-state index contributed by atoms with van der Waals surface area (Å²) in [6.45, 7) is 6.65. The van der Waals surface area contributed by atoms with Crippen molar-refractivity contribution in [3.05, 3.63) is 64.2 Å². The summed E-state index contributed by atoms with van der Waals surface area (Å²) in [5, 5.41) is 0. The number of hydrogen-bond acceptors (Lipinski definition) is 2. The number of benzene rings is 2. The zero-order valence-corrected chi connectivity index (χ0v) is 12.1. The van der Waals surface area contributed by atoms with E-state index in [0.717, 1.165) is 5.56 Å². The summed E-state index contributed by atoms with van der Waals surface area (Å²) in [6.07, 6.45) is 0. The first-order valence-electron chi connectivity index (χ1n) is 6.57. The largest absolute Gasteiger partial charge is 0.488 e. The standard InChI is InChI=1S/C17H19NO2/c1-11-8-12(2)15(13(3)9-11)10-20-16-7-5-4-6-14(16)17(18)19/h4-9H,10H2,1-3H3,(H2,18,19). The first kappa shape index (κ1) is 14.1. The molecule has 0 radical (unpaired) electrons. The van der Waals surface area contributed by atoms with Crippen LogP contribution in [0, 0.1) is 20.8 Å². The minimum atomic E-state index is -0.474. The van der Waals surface area contributed by atoms with Gasteiger partial charge < -0.3 is 10.5 Å². The summed E-state index contributed by atoms with van der Waals surface area (Å²) in [5.74, 6) is 0.0531. The number of aryl methyl sites for hydroxylation is 3. The van der Waals surface area contributed by atoms with Gasteiger partial charge in [-0.1, -0.05) is 29.8 Å². The zero-order valence-electron chi connectivity index (χ0n) is 12.1. The van der Waals surface area contributed by atoms with Gasteiger partial charge >= 0.3 is 0 Å². The van der Waals surface area contributed by atoms with Crippen molar-refractivity contribution in [2.24, 2.45) is 5.73 Å². The molecule has 3 nitrogen and oxygen atoms in total. The van der Waals surface area contributed by atoms with Gasteiger partial charge in [0.15, 0.2) is 0 Å². The van der Waals surface area contributed by atoms with Crippen LogP contribution in [0.1, 0.15) is 32.6 Å². The van der Waals surface area contributed by atoms with Gasteiger partial charge in [0, 0.05) is 0 Å². The molecule has 0 aromatic heterocycles. The van der Waals surface area contributed by atoms with Crippen molar-refractivity contribution < 1.29 is 9.53 Å². The molecule has 2 rings (SSSR count). The molecule has 2 aromatic rings. The van der Waals surface area contributed by atoms with Gasteiger partial charge in [-0.15, -0.1) is 0 Å². The minimum absolute atomic E-state index is 0.412. The maximum Gasteiger partial charge on any atom is 0.252 e. The van der Waals surface area contributed by atoms with Crippen LogP contribution in [0.4, 0.5) is 0 Å². The molecule has 1 amide bonds. The van der Waals surface area contributed by atoms with Crippen LogP contribution < -0.4 is 10.5 Å². The van der Waals surface area contributed by atoms with Crippen molar-refractivity contribution in [1.29, 1.82) is 0 Å². The van der Waals surface area contributed by atoms with Crippen LogP contribution in [0.15, 0.2) is 36.4 Å². The SMILES string of the molecule is Cc1cc(C)c(COc2ccccc2C(N)=O)c(C)c1.